The first kappa shape index (κ1) is 22.6. The van der Waals surface area contributed by atoms with Crippen molar-refractivity contribution in [1.29, 1.82) is 0 Å². The van der Waals surface area contributed by atoms with Crippen LogP contribution in [0.3, 0.4) is 0 Å². The lowest BCUT2D eigenvalue weighted by Gasteiger charge is -2.33. The quantitative estimate of drug-likeness (QED) is 0.591. The standard InChI is InChI=1S/C26H26N2O5/c1-17-23-16-20(10-13-22(23)24(29)33-28-17)27-25(30)26(31,19-6-4-3-5-7-19)15-14-18-8-11-21(32-2)12-9-18/h8-13,16,19,31H,3-7H2,1-2H3,(H,27,30). The number of carbonyl (C=O) groups is 1. The number of rotatable bonds is 4. The van der Waals surface area contributed by atoms with Gasteiger partial charge < -0.3 is 19.7 Å². The summed E-state index contributed by atoms with van der Waals surface area (Å²) in [6, 6.07) is 12.0. The number of hydrogen-bond donors (Lipinski definition) is 2. The van der Waals surface area contributed by atoms with Gasteiger partial charge in [0.15, 0.2) is 0 Å². The lowest BCUT2D eigenvalue weighted by atomic mass is 9.76. The summed E-state index contributed by atoms with van der Waals surface area (Å²) in [7, 11) is 1.59. The third-order valence-corrected chi connectivity index (χ3v) is 6.18. The Kier molecular flexibility index (Phi) is 6.47. The molecule has 2 aromatic carbocycles. The number of nitrogens with one attached hydrogen (secondary N) is 1. The number of aliphatic hydroxyl groups is 1. The van der Waals surface area contributed by atoms with Crippen molar-refractivity contribution in [2.75, 3.05) is 12.4 Å². The average molecular weight is 447 g/mol. The SMILES string of the molecule is COc1ccc(C#CC(O)(C(=O)Nc2ccc3c(=O)onc(C)c3c2)C2CCCCC2)cc1. The molecular formula is C26H26N2O5. The van der Waals surface area contributed by atoms with Gasteiger partial charge in [-0.15, -0.1) is 0 Å². The van der Waals surface area contributed by atoms with E-state index in [4.69, 9.17) is 9.26 Å². The molecule has 1 aliphatic rings. The second kappa shape index (κ2) is 9.47. The minimum atomic E-state index is -1.85. The van der Waals surface area contributed by atoms with E-state index in [1.54, 1.807) is 56.5 Å². The molecule has 4 rings (SSSR count). The summed E-state index contributed by atoms with van der Waals surface area (Å²) in [6.07, 6.45) is 4.42. The number of benzene rings is 2. The highest BCUT2D eigenvalue weighted by atomic mass is 16.5. The van der Waals surface area contributed by atoms with Crippen LogP contribution < -0.4 is 15.7 Å². The second-order valence-electron chi connectivity index (χ2n) is 8.35. The van der Waals surface area contributed by atoms with Gasteiger partial charge in [-0.25, -0.2) is 4.79 Å². The predicted molar refractivity (Wildman–Crippen MR) is 125 cm³/mol. The molecule has 2 N–H and O–H groups in total. The molecule has 0 saturated heterocycles. The van der Waals surface area contributed by atoms with Gasteiger partial charge in [-0.3, -0.25) is 4.79 Å². The topological polar surface area (TPSA) is 102 Å². The van der Waals surface area contributed by atoms with Crippen LogP contribution in [0.25, 0.3) is 10.8 Å². The summed E-state index contributed by atoms with van der Waals surface area (Å²) in [5.74, 6) is 5.69. The summed E-state index contributed by atoms with van der Waals surface area (Å²) < 4.78 is 9.92. The largest absolute Gasteiger partial charge is 0.497 e. The highest BCUT2D eigenvalue weighted by molar-refractivity contribution is 6.01. The molecule has 1 unspecified atom stereocenters. The summed E-state index contributed by atoms with van der Waals surface area (Å²) in [5, 5.41) is 19.1. The Balaban J connectivity index is 1.66. The highest BCUT2D eigenvalue weighted by Gasteiger charge is 2.43. The maximum atomic E-state index is 13.4. The Morgan fingerprint density at radius 1 is 1.15 bits per heavy atom. The first-order chi connectivity index (χ1) is 15.9. The minimum Gasteiger partial charge on any atom is -0.497 e. The number of aryl methyl sites for hydroxylation is 1. The molecule has 3 aromatic rings. The molecule has 1 fully saturated rings. The van der Waals surface area contributed by atoms with Crippen molar-refractivity contribution in [3.05, 3.63) is 64.1 Å². The zero-order valence-electron chi connectivity index (χ0n) is 18.7. The van der Waals surface area contributed by atoms with E-state index >= 15 is 0 Å². The molecule has 1 heterocycles. The van der Waals surface area contributed by atoms with Gasteiger partial charge in [-0.1, -0.05) is 36.3 Å². The fraction of sp³-hybridized carbons (Fsp3) is 0.346. The van der Waals surface area contributed by atoms with E-state index in [1.807, 2.05) is 0 Å². The zero-order valence-corrected chi connectivity index (χ0v) is 18.7. The number of hydrogen-bond acceptors (Lipinski definition) is 6. The third-order valence-electron chi connectivity index (χ3n) is 6.18. The van der Waals surface area contributed by atoms with Crippen LogP contribution in [-0.4, -0.2) is 28.9 Å². The second-order valence-corrected chi connectivity index (χ2v) is 8.35. The maximum absolute atomic E-state index is 13.4. The normalized spacial score (nSPS) is 15.8. The molecule has 0 spiro atoms. The number of methoxy groups -OCH3 is 1. The fourth-order valence-electron chi connectivity index (χ4n) is 4.24. The molecule has 7 nitrogen and oxygen atoms in total. The average Bonchev–Trinajstić information content (AvgIpc) is 2.85. The number of aromatic nitrogens is 1. The predicted octanol–water partition coefficient (Wildman–Crippen LogP) is 3.81. The van der Waals surface area contributed by atoms with Gasteiger partial charge in [0, 0.05) is 22.6 Å². The van der Waals surface area contributed by atoms with Crippen molar-refractivity contribution >= 4 is 22.4 Å². The van der Waals surface area contributed by atoms with Crippen LogP contribution in [0.15, 0.2) is 51.8 Å². The van der Waals surface area contributed by atoms with Crippen LogP contribution in [0.4, 0.5) is 5.69 Å². The first-order valence-electron chi connectivity index (χ1n) is 11.0. The number of nitrogens with zero attached hydrogens (tertiary/aromatic N) is 1. The Morgan fingerprint density at radius 2 is 1.88 bits per heavy atom. The van der Waals surface area contributed by atoms with Gasteiger partial charge in [-0.05, 0) is 62.2 Å². The van der Waals surface area contributed by atoms with Gasteiger partial charge in [0.25, 0.3) is 5.91 Å². The molecule has 1 aromatic heterocycles. The van der Waals surface area contributed by atoms with Gasteiger partial charge in [0.05, 0.1) is 18.2 Å². The number of amides is 1. The van der Waals surface area contributed by atoms with E-state index in [9.17, 15) is 14.7 Å². The van der Waals surface area contributed by atoms with Crippen molar-refractivity contribution in [3.8, 4) is 17.6 Å². The van der Waals surface area contributed by atoms with Gasteiger partial charge in [0.1, 0.15) is 5.75 Å². The van der Waals surface area contributed by atoms with Crippen molar-refractivity contribution < 1.29 is 19.2 Å². The molecule has 1 saturated carbocycles. The molecule has 0 radical (unpaired) electrons. The number of fused-ring (bicyclic) bond motifs is 1. The highest BCUT2D eigenvalue weighted by Crippen LogP contribution is 2.34. The number of ether oxygens (including phenoxy) is 1. The first-order valence-corrected chi connectivity index (χ1v) is 11.0. The van der Waals surface area contributed by atoms with E-state index in [-0.39, 0.29) is 5.92 Å². The molecule has 1 aliphatic carbocycles. The Morgan fingerprint density at radius 3 is 2.58 bits per heavy atom. The summed E-state index contributed by atoms with van der Waals surface area (Å²) >= 11 is 0. The molecule has 1 atom stereocenters. The van der Waals surface area contributed by atoms with Gasteiger partial charge in [-0.2, -0.15) is 0 Å². The van der Waals surface area contributed by atoms with E-state index in [1.165, 1.54) is 0 Å². The van der Waals surface area contributed by atoms with Gasteiger partial charge in [0.2, 0.25) is 5.60 Å². The summed E-state index contributed by atoms with van der Waals surface area (Å²) in [6.45, 7) is 1.72. The van der Waals surface area contributed by atoms with Crippen LogP contribution in [0, 0.1) is 24.7 Å². The van der Waals surface area contributed by atoms with Crippen molar-refractivity contribution in [3.63, 3.8) is 0 Å². The van der Waals surface area contributed by atoms with Crippen molar-refractivity contribution in [2.45, 2.75) is 44.6 Å². The van der Waals surface area contributed by atoms with Crippen molar-refractivity contribution in [2.24, 2.45) is 5.92 Å². The third kappa shape index (κ3) is 4.76. The Labute approximate surface area is 191 Å². The van der Waals surface area contributed by atoms with E-state index in [2.05, 4.69) is 22.3 Å². The summed E-state index contributed by atoms with van der Waals surface area (Å²) in [5.41, 5.74) is -0.737. The smallest absolute Gasteiger partial charge is 0.366 e. The molecule has 0 bridgehead atoms. The van der Waals surface area contributed by atoms with Crippen molar-refractivity contribution in [1.82, 2.24) is 5.16 Å². The lowest BCUT2D eigenvalue weighted by molar-refractivity contribution is -0.134. The Bertz CT molecular complexity index is 1280. The number of carbonyl (C=O) groups excluding carboxylic acids is 1. The monoisotopic (exact) mass is 446 g/mol. The lowest BCUT2D eigenvalue weighted by Crippen LogP contribution is -2.48. The van der Waals surface area contributed by atoms with Crippen LogP contribution in [-0.2, 0) is 4.79 Å². The Hall–Kier alpha value is -3.63. The minimum absolute atomic E-state index is 0.270. The maximum Gasteiger partial charge on any atom is 0.366 e. The molecule has 0 aliphatic heterocycles. The molecule has 33 heavy (non-hydrogen) atoms. The van der Waals surface area contributed by atoms with Crippen LogP contribution >= 0.6 is 0 Å². The van der Waals surface area contributed by atoms with Crippen LogP contribution in [0.5, 0.6) is 5.75 Å². The van der Waals surface area contributed by atoms with E-state index < -0.39 is 17.1 Å². The number of anilines is 1. The van der Waals surface area contributed by atoms with Crippen LogP contribution in [0.2, 0.25) is 0 Å². The van der Waals surface area contributed by atoms with Crippen LogP contribution in [0.1, 0.15) is 43.4 Å². The zero-order chi connectivity index (χ0) is 23.4. The fourth-order valence-corrected chi connectivity index (χ4v) is 4.24. The molecular weight excluding hydrogens is 420 g/mol. The molecule has 1 amide bonds. The molecule has 170 valence electrons. The molecule has 7 heteroatoms. The summed E-state index contributed by atoms with van der Waals surface area (Å²) in [4.78, 5) is 25.3. The van der Waals surface area contributed by atoms with Gasteiger partial charge >= 0.3 is 5.63 Å². The van der Waals surface area contributed by atoms with E-state index in [0.29, 0.717) is 33.5 Å². The van der Waals surface area contributed by atoms with E-state index in [0.717, 1.165) is 32.1 Å².